The van der Waals surface area contributed by atoms with Gasteiger partial charge >= 0.3 is 0 Å². The summed E-state index contributed by atoms with van der Waals surface area (Å²) < 4.78 is 27.4. The molecule has 7 heteroatoms. The van der Waals surface area contributed by atoms with Gasteiger partial charge in [-0.25, -0.2) is 8.42 Å². The van der Waals surface area contributed by atoms with E-state index < -0.39 is 9.05 Å². The third-order valence-electron chi connectivity index (χ3n) is 2.41. The minimum atomic E-state index is -3.84. The third-order valence-corrected chi connectivity index (χ3v) is 3.74. The number of hydrogen-bond donors (Lipinski definition) is 1. The van der Waals surface area contributed by atoms with E-state index in [-0.39, 0.29) is 16.4 Å². The summed E-state index contributed by atoms with van der Waals surface area (Å²) in [6.07, 6.45) is 0.689. The molecule has 0 spiro atoms. The van der Waals surface area contributed by atoms with Gasteiger partial charge in [0.2, 0.25) is 0 Å². The minimum absolute atomic E-state index is 0.0730. The number of ether oxygens (including phenoxy) is 1. The molecule has 1 aromatic rings. The number of nitrogens with one attached hydrogen (secondary N) is 1. The van der Waals surface area contributed by atoms with Crippen LogP contribution in [0.1, 0.15) is 22.3 Å². The molecular weight excluding hydrogens is 290 g/mol. The molecular formula is C12H16ClNO4S. The van der Waals surface area contributed by atoms with Gasteiger partial charge in [0.15, 0.2) is 0 Å². The van der Waals surface area contributed by atoms with Crippen molar-refractivity contribution in [1.82, 2.24) is 5.32 Å². The van der Waals surface area contributed by atoms with Crippen molar-refractivity contribution in [3.05, 3.63) is 29.3 Å². The van der Waals surface area contributed by atoms with Crippen molar-refractivity contribution in [2.24, 2.45) is 0 Å². The molecule has 1 amide bonds. The summed E-state index contributed by atoms with van der Waals surface area (Å²) in [6, 6.07) is 4.29. The molecule has 1 N–H and O–H groups in total. The van der Waals surface area contributed by atoms with E-state index in [9.17, 15) is 13.2 Å². The van der Waals surface area contributed by atoms with Crippen LogP contribution in [-0.2, 0) is 13.8 Å². The molecule has 0 atom stereocenters. The topological polar surface area (TPSA) is 72.5 Å². The second kappa shape index (κ2) is 6.88. The fraction of sp³-hybridized carbons (Fsp3) is 0.417. The van der Waals surface area contributed by atoms with Crippen LogP contribution in [-0.4, -0.2) is 34.6 Å². The second-order valence-corrected chi connectivity index (χ2v) is 6.64. The number of halogens is 1. The van der Waals surface area contributed by atoms with E-state index in [4.69, 9.17) is 15.4 Å². The van der Waals surface area contributed by atoms with Gasteiger partial charge in [0, 0.05) is 36.5 Å². The number of carbonyl (C=O) groups excluding carboxylic acids is 1. The Bertz CT molecular complexity index is 557. The van der Waals surface area contributed by atoms with Gasteiger partial charge in [0.25, 0.3) is 15.0 Å². The van der Waals surface area contributed by atoms with Crippen LogP contribution >= 0.6 is 10.7 Å². The summed E-state index contributed by atoms with van der Waals surface area (Å²) in [5.41, 5.74) is 0.931. The van der Waals surface area contributed by atoms with Gasteiger partial charge in [-0.3, -0.25) is 4.79 Å². The van der Waals surface area contributed by atoms with Crippen molar-refractivity contribution in [1.29, 1.82) is 0 Å². The number of hydrogen-bond acceptors (Lipinski definition) is 4. The Balaban J connectivity index is 2.83. The lowest BCUT2D eigenvalue weighted by Gasteiger charge is -2.07. The molecule has 0 aromatic heterocycles. The summed E-state index contributed by atoms with van der Waals surface area (Å²) in [4.78, 5) is 11.8. The third kappa shape index (κ3) is 5.18. The average Bonchev–Trinajstić information content (AvgIpc) is 2.32. The number of aryl methyl sites for hydroxylation is 1. The molecule has 0 saturated heterocycles. The molecule has 1 aromatic carbocycles. The zero-order valence-corrected chi connectivity index (χ0v) is 12.3. The van der Waals surface area contributed by atoms with E-state index in [2.05, 4.69) is 5.32 Å². The highest BCUT2D eigenvalue weighted by Crippen LogP contribution is 2.18. The van der Waals surface area contributed by atoms with Gasteiger partial charge in [0.05, 0.1) is 4.90 Å². The quantitative estimate of drug-likeness (QED) is 0.641. The van der Waals surface area contributed by atoms with Gasteiger partial charge < -0.3 is 10.1 Å². The second-order valence-electron chi connectivity index (χ2n) is 4.07. The van der Waals surface area contributed by atoms with Crippen molar-refractivity contribution in [3.63, 3.8) is 0 Å². The van der Waals surface area contributed by atoms with E-state index in [1.54, 1.807) is 20.1 Å². The van der Waals surface area contributed by atoms with Crippen molar-refractivity contribution in [2.75, 3.05) is 20.3 Å². The predicted molar refractivity (Wildman–Crippen MR) is 73.0 cm³/mol. The minimum Gasteiger partial charge on any atom is -0.385 e. The smallest absolute Gasteiger partial charge is 0.261 e. The maximum absolute atomic E-state index is 11.8. The average molecular weight is 306 g/mol. The van der Waals surface area contributed by atoms with Crippen LogP contribution in [0.25, 0.3) is 0 Å². The van der Waals surface area contributed by atoms with Crippen molar-refractivity contribution in [2.45, 2.75) is 18.2 Å². The normalized spacial score (nSPS) is 11.3. The number of methoxy groups -OCH3 is 1. The maximum atomic E-state index is 11.8. The fourth-order valence-corrected chi connectivity index (χ4v) is 2.40. The van der Waals surface area contributed by atoms with Crippen LogP contribution in [0.5, 0.6) is 0 Å². The van der Waals surface area contributed by atoms with E-state index >= 15 is 0 Å². The lowest BCUT2D eigenvalue weighted by molar-refractivity contribution is 0.0948. The fourth-order valence-electron chi connectivity index (χ4n) is 1.54. The van der Waals surface area contributed by atoms with Crippen LogP contribution in [0.4, 0.5) is 0 Å². The predicted octanol–water partition coefficient (Wildman–Crippen LogP) is 1.69. The van der Waals surface area contributed by atoms with E-state index in [0.29, 0.717) is 25.1 Å². The van der Waals surface area contributed by atoms with Gasteiger partial charge in [-0.2, -0.15) is 0 Å². The Kier molecular flexibility index (Phi) is 5.78. The van der Waals surface area contributed by atoms with Crippen LogP contribution in [0, 0.1) is 6.92 Å². The van der Waals surface area contributed by atoms with Crippen molar-refractivity contribution >= 4 is 25.6 Å². The highest BCUT2D eigenvalue weighted by molar-refractivity contribution is 8.13. The first-order chi connectivity index (χ1) is 8.84. The standard InChI is InChI=1S/C12H16ClNO4S/c1-9-6-10(8-11(7-9)19(13,16)17)12(15)14-4-3-5-18-2/h6-8H,3-5H2,1-2H3,(H,14,15). The highest BCUT2D eigenvalue weighted by atomic mass is 35.7. The summed E-state index contributed by atoms with van der Waals surface area (Å²) in [7, 11) is 3.02. The zero-order valence-electron chi connectivity index (χ0n) is 10.8. The van der Waals surface area contributed by atoms with Crippen LogP contribution in [0.15, 0.2) is 23.1 Å². The Hall–Kier alpha value is -1.11. The van der Waals surface area contributed by atoms with E-state index in [1.165, 1.54) is 12.1 Å². The molecule has 0 aliphatic carbocycles. The van der Waals surface area contributed by atoms with Gasteiger partial charge in [0.1, 0.15) is 0 Å². The number of carbonyl (C=O) groups is 1. The maximum Gasteiger partial charge on any atom is 0.261 e. The Morgan fingerprint density at radius 1 is 1.37 bits per heavy atom. The molecule has 0 unspecified atom stereocenters. The SMILES string of the molecule is COCCCNC(=O)c1cc(C)cc(S(=O)(=O)Cl)c1. The first-order valence-electron chi connectivity index (χ1n) is 5.68. The summed E-state index contributed by atoms with van der Waals surface area (Å²) in [5, 5.41) is 2.68. The van der Waals surface area contributed by atoms with E-state index in [0.717, 1.165) is 0 Å². The molecule has 106 valence electrons. The highest BCUT2D eigenvalue weighted by Gasteiger charge is 2.14. The van der Waals surface area contributed by atoms with Crippen molar-refractivity contribution < 1.29 is 17.9 Å². The largest absolute Gasteiger partial charge is 0.385 e. The monoisotopic (exact) mass is 305 g/mol. The van der Waals surface area contributed by atoms with E-state index in [1.807, 2.05) is 0 Å². The van der Waals surface area contributed by atoms with Crippen molar-refractivity contribution in [3.8, 4) is 0 Å². The zero-order chi connectivity index (χ0) is 14.5. The van der Waals surface area contributed by atoms with Crippen LogP contribution in [0.3, 0.4) is 0 Å². The molecule has 0 bridgehead atoms. The first-order valence-corrected chi connectivity index (χ1v) is 7.99. The Labute approximate surface area is 117 Å². The molecule has 0 saturated carbocycles. The van der Waals surface area contributed by atoms with Gasteiger partial charge in [-0.15, -0.1) is 0 Å². The van der Waals surface area contributed by atoms with Gasteiger partial charge in [-0.1, -0.05) is 0 Å². The Morgan fingerprint density at radius 3 is 2.63 bits per heavy atom. The van der Waals surface area contributed by atoms with Crippen LogP contribution in [0.2, 0.25) is 0 Å². The first kappa shape index (κ1) is 15.9. The molecule has 1 rings (SSSR count). The molecule has 19 heavy (non-hydrogen) atoms. The molecule has 5 nitrogen and oxygen atoms in total. The lowest BCUT2D eigenvalue weighted by atomic mass is 10.1. The summed E-state index contributed by atoms with van der Waals surface area (Å²) in [5.74, 6) is -0.332. The molecule has 0 aliphatic heterocycles. The lowest BCUT2D eigenvalue weighted by Crippen LogP contribution is -2.25. The van der Waals surface area contributed by atoms with Gasteiger partial charge in [-0.05, 0) is 37.1 Å². The Morgan fingerprint density at radius 2 is 2.05 bits per heavy atom. The molecule has 0 fully saturated rings. The van der Waals surface area contributed by atoms with Crippen LogP contribution < -0.4 is 5.32 Å². The molecule has 0 heterocycles. The number of rotatable bonds is 6. The molecule has 0 aliphatic rings. The number of benzene rings is 1. The number of amides is 1. The summed E-state index contributed by atoms with van der Waals surface area (Å²) in [6.45, 7) is 2.71. The summed E-state index contributed by atoms with van der Waals surface area (Å²) >= 11 is 0. The molecule has 0 radical (unpaired) electrons.